The number of carbonyl (C=O) groups is 4. The fourth-order valence-corrected chi connectivity index (χ4v) is 5.16. The molecule has 0 unspecified atom stereocenters. The van der Waals surface area contributed by atoms with Gasteiger partial charge in [-0.3, -0.25) is 14.9 Å². The van der Waals surface area contributed by atoms with Crippen LogP contribution in [-0.2, 0) is 22.7 Å². The molecule has 0 radical (unpaired) electrons. The minimum absolute atomic E-state index is 0.0170. The van der Waals surface area contributed by atoms with Crippen LogP contribution in [0.25, 0.3) is 0 Å². The summed E-state index contributed by atoms with van der Waals surface area (Å²) < 4.78 is 26.6. The number of ether oxygens (including phenoxy) is 3. The van der Waals surface area contributed by atoms with E-state index in [-0.39, 0.29) is 27.9 Å². The van der Waals surface area contributed by atoms with E-state index in [2.05, 4.69) is 15.6 Å². The molecule has 14 heteroatoms. The fraction of sp³-hybridized carbons (Fsp3) is 0.348. The molecule has 2 N–H and O–H groups in total. The van der Waals surface area contributed by atoms with Crippen LogP contribution in [0.5, 0.6) is 17.2 Å². The largest absolute Gasteiger partial charge is 0.496 e. The molecule has 1 spiro atoms. The summed E-state index contributed by atoms with van der Waals surface area (Å²) in [5.74, 6) is -2.45. The summed E-state index contributed by atoms with van der Waals surface area (Å²) in [5, 5.41) is 6.03. The molecule has 0 saturated carbocycles. The number of nitrogens with zero attached hydrogens (tertiary/aromatic N) is 2. The van der Waals surface area contributed by atoms with Crippen LogP contribution in [-0.4, -0.2) is 82.3 Å². The van der Waals surface area contributed by atoms with Gasteiger partial charge in [0.1, 0.15) is 11.4 Å². The molecule has 0 aliphatic carbocycles. The average molecular weight is 537 g/mol. The van der Waals surface area contributed by atoms with Crippen LogP contribution < -0.4 is 24.8 Å². The van der Waals surface area contributed by atoms with Gasteiger partial charge in [-0.15, -0.1) is 0 Å². The molecule has 200 valence electrons. The predicted molar refractivity (Wildman–Crippen MR) is 134 cm³/mol. The molecule has 0 bridgehead atoms. The molecule has 1 aromatic rings. The SMILES string of the molecule is COc1cc(OC)c(C(=O)NC2=NC(C(=O)NCCCN(C)C)=CS23OC(=O)C=CC(=O)O3)cc1OC. The van der Waals surface area contributed by atoms with Gasteiger partial charge in [0, 0.05) is 30.8 Å². The third kappa shape index (κ3) is 6.40. The van der Waals surface area contributed by atoms with Crippen molar-refractivity contribution in [1.29, 1.82) is 0 Å². The van der Waals surface area contributed by atoms with Crippen molar-refractivity contribution >= 4 is 39.5 Å². The third-order valence-electron chi connectivity index (χ3n) is 5.00. The number of methoxy groups -OCH3 is 3. The zero-order valence-corrected chi connectivity index (χ0v) is 21.8. The lowest BCUT2D eigenvalue weighted by Crippen LogP contribution is -2.35. The maximum atomic E-state index is 13.3. The Morgan fingerprint density at radius 2 is 1.54 bits per heavy atom. The molecule has 1 aromatic carbocycles. The second-order valence-corrected chi connectivity index (χ2v) is 9.92. The van der Waals surface area contributed by atoms with Crippen molar-refractivity contribution in [2.45, 2.75) is 6.42 Å². The van der Waals surface area contributed by atoms with E-state index in [1.807, 2.05) is 19.0 Å². The summed E-state index contributed by atoms with van der Waals surface area (Å²) in [6.07, 6.45) is 2.44. The second kappa shape index (κ2) is 11.8. The Labute approximate surface area is 215 Å². The number of amidine groups is 1. The van der Waals surface area contributed by atoms with E-state index in [1.165, 1.54) is 33.5 Å². The summed E-state index contributed by atoms with van der Waals surface area (Å²) in [6, 6.07) is 2.83. The predicted octanol–water partition coefficient (Wildman–Crippen LogP) is 1.01. The molecular weight excluding hydrogens is 508 g/mol. The van der Waals surface area contributed by atoms with E-state index < -0.39 is 34.3 Å². The number of rotatable bonds is 9. The van der Waals surface area contributed by atoms with E-state index in [0.717, 1.165) is 24.1 Å². The molecule has 0 atom stereocenters. The van der Waals surface area contributed by atoms with Crippen molar-refractivity contribution in [1.82, 2.24) is 15.5 Å². The van der Waals surface area contributed by atoms with Gasteiger partial charge < -0.3 is 32.8 Å². The molecule has 3 rings (SSSR count). The Balaban J connectivity index is 1.93. The lowest BCUT2D eigenvalue weighted by atomic mass is 10.1. The van der Waals surface area contributed by atoms with E-state index in [9.17, 15) is 19.2 Å². The van der Waals surface area contributed by atoms with Gasteiger partial charge in [0.2, 0.25) is 5.17 Å². The van der Waals surface area contributed by atoms with Gasteiger partial charge in [-0.25, -0.2) is 14.6 Å². The maximum Gasteiger partial charge on any atom is 0.354 e. The van der Waals surface area contributed by atoms with Crippen molar-refractivity contribution in [2.75, 3.05) is 48.5 Å². The Morgan fingerprint density at radius 1 is 0.946 bits per heavy atom. The van der Waals surface area contributed by atoms with E-state index >= 15 is 0 Å². The van der Waals surface area contributed by atoms with Crippen LogP contribution in [0.3, 0.4) is 0 Å². The zero-order chi connectivity index (χ0) is 27.2. The van der Waals surface area contributed by atoms with Crippen molar-refractivity contribution in [2.24, 2.45) is 4.99 Å². The summed E-state index contributed by atoms with van der Waals surface area (Å²) in [4.78, 5) is 56.6. The number of nitrogens with one attached hydrogen (secondary N) is 2. The van der Waals surface area contributed by atoms with Crippen molar-refractivity contribution in [3.8, 4) is 17.2 Å². The topological polar surface area (TPSA) is 154 Å². The highest BCUT2D eigenvalue weighted by molar-refractivity contribution is 8.41. The first kappa shape index (κ1) is 27.5. The average Bonchev–Trinajstić information content (AvgIpc) is 3.12. The van der Waals surface area contributed by atoms with Crippen molar-refractivity contribution in [3.63, 3.8) is 0 Å². The number of hydrogen-bond donors (Lipinski definition) is 2. The van der Waals surface area contributed by atoms with Gasteiger partial charge in [-0.1, -0.05) is 0 Å². The normalized spacial score (nSPS) is 16.7. The van der Waals surface area contributed by atoms with Gasteiger partial charge in [0.25, 0.3) is 11.8 Å². The van der Waals surface area contributed by atoms with Gasteiger partial charge in [-0.05, 0) is 37.7 Å². The Hall–Kier alpha value is -4.04. The number of hydrogen-bond acceptors (Lipinski definition) is 11. The summed E-state index contributed by atoms with van der Waals surface area (Å²) in [5.41, 5.74) is -0.166. The molecule has 2 aliphatic heterocycles. The van der Waals surface area contributed by atoms with Crippen LogP contribution in [0.1, 0.15) is 16.8 Å². The standard InChI is InChI=1S/C23H28N4O9S/c1-27(2)10-6-9-24-22(31)15-13-37(35-19(28)7-8-20(29)36-37)23(25-15)26-21(30)14-11-17(33-4)18(34-5)12-16(14)32-3/h7-8,11-13H,6,9-10H2,1-5H3,(H,24,31)(H,25,26,30). The fourth-order valence-electron chi connectivity index (χ4n) is 3.24. The highest BCUT2D eigenvalue weighted by atomic mass is 32.3. The van der Waals surface area contributed by atoms with Crippen LogP contribution >= 0.6 is 10.6 Å². The van der Waals surface area contributed by atoms with Crippen LogP contribution in [0.4, 0.5) is 0 Å². The Bertz CT molecular complexity index is 1170. The van der Waals surface area contributed by atoms with Gasteiger partial charge >= 0.3 is 11.9 Å². The smallest absolute Gasteiger partial charge is 0.354 e. The van der Waals surface area contributed by atoms with E-state index in [1.54, 1.807) is 0 Å². The summed E-state index contributed by atoms with van der Waals surface area (Å²) in [7, 11) is 4.60. The minimum Gasteiger partial charge on any atom is -0.496 e. The van der Waals surface area contributed by atoms with Crippen LogP contribution in [0, 0.1) is 0 Å². The van der Waals surface area contributed by atoms with Crippen LogP contribution in [0.15, 0.2) is 40.4 Å². The summed E-state index contributed by atoms with van der Waals surface area (Å²) >= 11 is 0. The van der Waals surface area contributed by atoms with Crippen LogP contribution in [0.2, 0.25) is 0 Å². The first-order valence-electron chi connectivity index (χ1n) is 11.0. The van der Waals surface area contributed by atoms with E-state index in [0.29, 0.717) is 18.7 Å². The number of amides is 2. The van der Waals surface area contributed by atoms with E-state index in [4.69, 9.17) is 22.6 Å². The molecule has 0 saturated heterocycles. The van der Waals surface area contributed by atoms with Crippen molar-refractivity contribution in [3.05, 3.63) is 41.0 Å². The van der Waals surface area contributed by atoms with Gasteiger partial charge in [-0.2, -0.15) is 0 Å². The molecule has 0 fully saturated rings. The monoisotopic (exact) mass is 536 g/mol. The molecule has 0 aromatic heterocycles. The highest BCUT2D eigenvalue weighted by Crippen LogP contribution is 2.58. The lowest BCUT2D eigenvalue weighted by molar-refractivity contribution is -0.129. The number of benzene rings is 1. The molecule has 2 aliphatic rings. The second-order valence-electron chi connectivity index (χ2n) is 7.88. The molecule has 13 nitrogen and oxygen atoms in total. The molecule has 2 amide bonds. The highest BCUT2D eigenvalue weighted by Gasteiger charge is 2.42. The van der Waals surface area contributed by atoms with Gasteiger partial charge in [0.15, 0.2) is 11.5 Å². The van der Waals surface area contributed by atoms with Crippen molar-refractivity contribution < 1.29 is 41.8 Å². The first-order chi connectivity index (χ1) is 17.6. The summed E-state index contributed by atoms with van der Waals surface area (Å²) in [6.45, 7) is 1.09. The quantitative estimate of drug-likeness (QED) is 0.437. The minimum atomic E-state index is -3.40. The molecular formula is C23H28N4O9S. The maximum absolute atomic E-state index is 13.3. The third-order valence-corrected chi connectivity index (χ3v) is 7.09. The van der Waals surface area contributed by atoms with Gasteiger partial charge in [0.05, 0.1) is 32.3 Å². The molecule has 2 heterocycles. The lowest BCUT2D eigenvalue weighted by Gasteiger charge is -2.34. The number of carbonyl (C=O) groups excluding carboxylic acids is 4. The zero-order valence-electron chi connectivity index (χ0n) is 21.0. The Kier molecular flexibility index (Phi) is 8.78. The first-order valence-corrected chi connectivity index (χ1v) is 12.5. The number of aliphatic imine (C=N–C) groups is 1. The Morgan fingerprint density at radius 3 is 2.11 bits per heavy atom. The molecule has 37 heavy (non-hydrogen) atoms.